The molecule has 2 aromatic carbocycles. The van der Waals surface area contributed by atoms with Crippen LogP contribution in [0.15, 0.2) is 85.2 Å². The van der Waals surface area contributed by atoms with Crippen LogP contribution in [-0.2, 0) is 16.1 Å². The van der Waals surface area contributed by atoms with Crippen LogP contribution >= 0.6 is 0 Å². The highest BCUT2D eigenvalue weighted by Crippen LogP contribution is 2.20. The Morgan fingerprint density at radius 2 is 1.79 bits per heavy atom. The highest BCUT2D eigenvalue weighted by molar-refractivity contribution is 5.97. The summed E-state index contributed by atoms with van der Waals surface area (Å²) in [6, 6.07) is 20.9. The summed E-state index contributed by atoms with van der Waals surface area (Å²) in [7, 11) is 1.56. The normalized spacial score (nSPS) is 12.4. The predicted molar refractivity (Wildman–Crippen MR) is 141 cm³/mol. The number of carbonyl (C=O) groups is 2. The lowest BCUT2D eigenvalue weighted by Crippen LogP contribution is -2.51. The maximum Gasteiger partial charge on any atom is 0.274 e. The van der Waals surface area contributed by atoms with Gasteiger partial charge in [-0.15, -0.1) is 0 Å². The molecule has 10 heteroatoms. The molecule has 38 heavy (non-hydrogen) atoms. The molecular weight excluding hydrogens is 486 g/mol. The van der Waals surface area contributed by atoms with E-state index in [2.05, 4.69) is 20.9 Å². The molecule has 0 saturated carbocycles. The number of aliphatic hydroxyl groups is 1. The monoisotopic (exact) mass is 515 g/mol. The molecule has 2 aromatic heterocycles. The smallest absolute Gasteiger partial charge is 0.274 e. The van der Waals surface area contributed by atoms with Crippen LogP contribution in [0.2, 0.25) is 0 Å². The van der Waals surface area contributed by atoms with Crippen molar-refractivity contribution in [3.63, 3.8) is 0 Å². The van der Waals surface area contributed by atoms with Gasteiger partial charge in [0.15, 0.2) is 11.9 Å². The first-order chi connectivity index (χ1) is 18.5. The molecule has 0 radical (unpaired) electrons. The van der Waals surface area contributed by atoms with Gasteiger partial charge in [0, 0.05) is 18.0 Å². The van der Waals surface area contributed by atoms with Crippen molar-refractivity contribution < 1.29 is 24.3 Å². The number of hydrogen-bond donors (Lipinski definition) is 3. The Kier molecular flexibility index (Phi) is 8.81. The lowest BCUT2D eigenvalue weighted by molar-refractivity contribution is -0.143. The van der Waals surface area contributed by atoms with Crippen LogP contribution in [0, 0.1) is 0 Å². The Labute approximate surface area is 220 Å². The summed E-state index contributed by atoms with van der Waals surface area (Å²) >= 11 is 0. The summed E-state index contributed by atoms with van der Waals surface area (Å²) in [6.07, 6.45) is 1.88. The molecule has 0 saturated heterocycles. The third kappa shape index (κ3) is 6.41. The SMILES string of the molecule is CCONC(=O)C(O)C(Cc1ccc(OC)cc1)NC(=O)c1cccnc1-n1ccc(-c2ccccc2)n1. The van der Waals surface area contributed by atoms with E-state index in [1.807, 2.05) is 36.4 Å². The Bertz CT molecular complexity index is 1360. The lowest BCUT2D eigenvalue weighted by Gasteiger charge is -2.24. The minimum Gasteiger partial charge on any atom is -0.497 e. The van der Waals surface area contributed by atoms with Crippen LogP contribution in [-0.4, -0.2) is 57.5 Å². The quantitative estimate of drug-likeness (QED) is 0.262. The van der Waals surface area contributed by atoms with E-state index in [-0.39, 0.29) is 18.6 Å². The Morgan fingerprint density at radius 1 is 1.03 bits per heavy atom. The summed E-state index contributed by atoms with van der Waals surface area (Å²) < 4.78 is 6.72. The number of pyridine rings is 1. The first kappa shape index (κ1) is 26.5. The number of carbonyl (C=O) groups excluding carboxylic acids is 2. The van der Waals surface area contributed by atoms with E-state index in [0.29, 0.717) is 11.6 Å². The fraction of sp³-hybridized carbons (Fsp3) is 0.214. The van der Waals surface area contributed by atoms with Gasteiger partial charge in [-0.1, -0.05) is 42.5 Å². The highest BCUT2D eigenvalue weighted by Gasteiger charge is 2.29. The number of rotatable bonds is 11. The minimum absolute atomic E-state index is 0.173. The lowest BCUT2D eigenvalue weighted by atomic mass is 10.00. The van der Waals surface area contributed by atoms with Gasteiger partial charge in [0.25, 0.3) is 11.8 Å². The number of benzene rings is 2. The van der Waals surface area contributed by atoms with Gasteiger partial charge in [-0.3, -0.25) is 14.4 Å². The van der Waals surface area contributed by atoms with E-state index in [9.17, 15) is 14.7 Å². The molecule has 0 fully saturated rings. The number of aliphatic hydroxyl groups excluding tert-OH is 1. The molecule has 0 spiro atoms. The van der Waals surface area contributed by atoms with E-state index in [0.717, 1.165) is 16.8 Å². The van der Waals surface area contributed by atoms with Gasteiger partial charge >= 0.3 is 0 Å². The zero-order valence-electron chi connectivity index (χ0n) is 21.1. The van der Waals surface area contributed by atoms with Gasteiger partial charge in [0.05, 0.1) is 31.0 Å². The summed E-state index contributed by atoms with van der Waals surface area (Å²) in [6.45, 7) is 1.92. The van der Waals surface area contributed by atoms with E-state index < -0.39 is 24.0 Å². The van der Waals surface area contributed by atoms with Gasteiger partial charge < -0.3 is 15.2 Å². The highest BCUT2D eigenvalue weighted by atomic mass is 16.7. The molecule has 2 unspecified atom stereocenters. The number of hydrogen-bond acceptors (Lipinski definition) is 7. The molecule has 2 atom stereocenters. The fourth-order valence-electron chi connectivity index (χ4n) is 3.85. The number of aromatic nitrogens is 3. The zero-order valence-corrected chi connectivity index (χ0v) is 21.1. The molecule has 3 N–H and O–H groups in total. The number of amides is 2. The largest absolute Gasteiger partial charge is 0.497 e. The first-order valence-electron chi connectivity index (χ1n) is 12.1. The summed E-state index contributed by atoms with van der Waals surface area (Å²) in [5, 5.41) is 18.2. The van der Waals surface area contributed by atoms with Gasteiger partial charge in [0.1, 0.15) is 5.75 Å². The van der Waals surface area contributed by atoms with Crippen LogP contribution in [0.25, 0.3) is 17.1 Å². The van der Waals surface area contributed by atoms with Crippen LogP contribution in [0.3, 0.4) is 0 Å². The molecule has 0 aliphatic heterocycles. The topological polar surface area (TPSA) is 128 Å². The molecule has 0 aliphatic carbocycles. The second-order valence-electron chi connectivity index (χ2n) is 8.36. The van der Waals surface area contributed by atoms with Crippen LogP contribution < -0.4 is 15.5 Å². The number of nitrogens with zero attached hydrogens (tertiary/aromatic N) is 3. The van der Waals surface area contributed by atoms with Crippen molar-refractivity contribution in [3.8, 4) is 22.8 Å². The van der Waals surface area contributed by atoms with Crippen molar-refractivity contribution in [2.24, 2.45) is 0 Å². The van der Waals surface area contributed by atoms with Gasteiger partial charge in [-0.2, -0.15) is 5.10 Å². The molecule has 4 rings (SSSR count). The average Bonchev–Trinajstić information content (AvgIpc) is 3.46. The second-order valence-corrected chi connectivity index (χ2v) is 8.36. The van der Waals surface area contributed by atoms with Gasteiger partial charge in [-0.25, -0.2) is 15.1 Å². The summed E-state index contributed by atoms with van der Waals surface area (Å²) in [5.74, 6) is -0.315. The third-order valence-corrected chi connectivity index (χ3v) is 5.80. The number of methoxy groups -OCH3 is 1. The van der Waals surface area contributed by atoms with Crippen molar-refractivity contribution in [2.75, 3.05) is 13.7 Å². The Morgan fingerprint density at radius 3 is 2.50 bits per heavy atom. The molecule has 2 amide bonds. The van der Waals surface area contributed by atoms with E-state index in [4.69, 9.17) is 9.57 Å². The first-order valence-corrected chi connectivity index (χ1v) is 12.1. The standard InChI is InChI=1S/C28H29N5O5/c1-3-38-32-28(36)25(34)24(18-19-11-13-21(37-2)14-12-19)30-27(35)22-10-7-16-29-26(22)33-17-15-23(31-33)20-8-5-4-6-9-20/h4-17,24-25,34H,3,18H2,1-2H3,(H,30,35)(H,32,36). The predicted octanol–water partition coefficient (Wildman–Crippen LogP) is 2.71. The molecular formula is C28H29N5O5. The molecule has 2 heterocycles. The number of ether oxygens (including phenoxy) is 1. The van der Waals surface area contributed by atoms with Crippen molar-refractivity contribution in [2.45, 2.75) is 25.5 Å². The molecule has 4 aromatic rings. The van der Waals surface area contributed by atoms with E-state index in [1.165, 1.54) is 4.68 Å². The van der Waals surface area contributed by atoms with Crippen LogP contribution in [0.5, 0.6) is 5.75 Å². The van der Waals surface area contributed by atoms with Crippen molar-refractivity contribution in [1.82, 2.24) is 25.6 Å². The zero-order chi connectivity index (χ0) is 26.9. The van der Waals surface area contributed by atoms with E-state index >= 15 is 0 Å². The second kappa shape index (κ2) is 12.6. The Balaban J connectivity index is 1.59. The minimum atomic E-state index is -1.58. The average molecular weight is 516 g/mol. The van der Waals surface area contributed by atoms with Crippen LogP contribution in [0.1, 0.15) is 22.8 Å². The maximum atomic E-state index is 13.5. The van der Waals surface area contributed by atoms with Crippen molar-refractivity contribution in [3.05, 3.63) is 96.3 Å². The third-order valence-electron chi connectivity index (χ3n) is 5.80. The molecule has 196 valence electrons. The number of nitrogens with one attached hydrogen (secondary N) is 2. The Hall–Kier alpha value is -4.54. The van der Waals surface area contributed by atoms with Crippen molar-refractivity contribution >= 4 is 11.8 Å². The van der Waals surface area contributed by atoms with Gasteiger partial charge in [-0.05, 0) is 49.2 Å². The fourth-order valence-corrected chi connectivity index (χ4v) is 3.85. The summed E-state index contributed by atoms with van der Waals surface area (Å²) in [4.78, 5) is 35.3. The number of hydroxylamine groups is 1. The molecule has 0 aliphatic rings. The molecule has 10 nitrogen and oxygen atoms in total. The van der Waals surface area contributed by atoms with Crippen molar-refractivity contribution in [1.29, 1.82) is 0 Å². The summed E-state index contributed by atoms with van der Waals surface area (Å²) in [5.41, 5.74) is 4.86. The van der Waals surface area contributed by atoms with Crippen LogP contribution in [0.4, 0.5) is 0 Å². The van der Waals surface area contributed by atoms with Gasteiger partial charge in [0.2, 0.25) is 0 Å². The van der Waals surface area contributed by atoms with E-state index in [1.54, 1.807) is 62.8 Å². The maximum absolute atomic E-state index is 13.5. The molecule has 0 bridgehead atoms.